The smallest absolute Gasteiger partial charge is 0.0905 e. The molecule has 2 nitrogen and oxygen atoms in total. The molecule has 0 bridgehead atoms. The van der Waals surface area contributed by atoms with Crippen molar-refractivity contribution in [3.8, 4) is 0 Å². The van der Waals surface area contributed by atoms with Gasteiger partial charge >= 0.3 is 0 Å². The van der Waals surface area contributed by atoms with Crippen molar-refractivity contribution >= 4 is 5.84 Å². The average Bonchev–Trinajstić information content (AvgIpc) is 1.80. The molecule has 0 spiro atoms. The number of hydrogen-bond donors (Lipinski definition) is 1. The van der Waals surface area contributed by atoms with Crippen molar-refractivity contribution in [3.05, 3.63) is 0 Å². The number of amidine groups is 1. The van der Waals surface area contributed by atoms with Gasteiger partial charge in [0.2, 0.25) is 0 Å². The first kappa shape index (κ1) is 10.5. The van der Waals surface area contributed by atoms with Crippen LogP contribution in [0.25, 0.3) is 0 Å². The van der Waals surface area contributed by atoms with E-state index in [-0.39, 0.29) is 0 Å². The van der Waals surface area contributed by atoms with Gasteiger partial charge in [0.05, 0.1) is 5.84 Å². The Morgan fingerprint density at radius 3 is 2.18 bits per heavy atom. The van der Waals surface area contributed by atoms with Gasteiger partial charge in [0.15, 0.2) is 0 Å². The highest BCUT2D eigenvalue weighted by Gasteiger charge is 2.18. The maximum Gasteiger partial charge on any atom is 0.0905 e. The molecule has 11 heavy (non-hydrogen) atoms. The third kappa shape index (κ3) is 4.82. The Bertz CT molecular complexity index is 138. The maximum atomic E-state index is 5.43. The van der Waals surface area contributed by atoms with Gasteiger partial charge in [-0.2, -0.15) is 0 Å². The third-order valence-electron chi connectivity index (χ3n) is 2.09. The molecule has 0 aromatic heterocycles. The first-order chi connectivity index (χ1) is 4.84. The quantitative estimate of drug-likeness (QED) is 0.482. The van der Waals surface area contributed by atoms with Gasteiger partial charge in [-0.05, 0) is 18.3 Å². The first-order valence-corrected chi connectivity index (χ1v) is 4.10. The van der Waals surface area contributed by atoms with E-state index >= 15 is 0 Å². The molecular weight excluding hydrogens is 136 g/mol. The van der Waals surface area contributed by atoms with Crippen molar-refractivity contribution in [1.29, 1.82) is 0 Å². The summed E-state index contributed by atoms with van der Waals surface area (Å²) in [5, 5.41) is 0. The van der Waals surface area contributed by atoms with Crippen LogP contribution in [0.15, 0.2) is 4.99 Å². The number of hydrogen-bond acceptors (Lipinski definition) is 1. The van der Waals surface area contributed by atoms with E-state index in [0.717, 1.165) is 6.54 Å². The Morgan fingerprint density at radius 1 is 1.45 bits per heavy atom. The SMILES string of the molecule is CC(N)=NCC(C)C(C)(C)C. The van der Waals surface area contributed by atoms with Gasteiger partial charge in [0, 0.05) is 6.54 Å². The van der Waals surface area contributed by atoms with Crippen molar-refractivity contribution in [1.82, 2.24) is 0 Å². The lowest BCUT2D eigenvalue weighted by molar-refractivity contribution is 0.269. The first-order valence-electron chi connectivity index (χ1n) is 4.10. The third-order valence-corrected chi connectivity index (χ3v) is 2.09. The van der Waals surface area contributed by atoms with Gasteiger partial charge in [-0.25, -0.2) is 0 Å². The van der Waals surface area contributed by atoms with Gasteiger partial charge in [-0.15, -0.1) is 0 Å². The molecule has 0 aliphatic heterocycles. The van der Waals surface area contributed by atoms with Crippen molar-refractivity contribution in [2.45, 2.75) is 34.6 Å². The Hall–Kier alpha value is -0.530. The lowest BCUT2D eigenvalue weighted by atomic mass is 9.82. The summed E-state index contributed by atoms with van der Waals surface area (Å²) < 4.78 is 0. The number of rotatable bonds is 2. The second kappa shape index (κ2) is 3.74. The summed E-state index contributed by atoms with van der Waals surface area (Å²) in [6.07, 6.45) is 0. The van der Waals surface area contributed by atoms with E-state index < -0.39 is 0 Å². The van der Waals surface area contributed by atoms with Gasteiger partial charge < -0.3 is 5.73 Å². The van der Waals surface area contributed by atoms with Gasteiger partial charge in [-0.1, -0.05) is 27.7 Å². The molecule has 0 saturated carbocycles. The van der Waals surface area contributed by atoms with Crippen LogP contribution in [0, 0.1) is 11.3 Å². The maximum absolute atomic E-state index is 5.43. The second-order valence-electron chi connectivity index (χ2n) is 4.25. The second-order valence-corrected chi connectivity index (χ2v) is 4.25. The summed E-state index contributed by atoms with van der Waals surface area (Å²) in [5.74, 6) is 1.27. The molecule has 0 fully saturated rings. The predicted molar refractivity (Wildman–Crippen MR) is 50.8 cm³/mol. The Kier molecular flexibility index (Phi) is 3.56. The Morgan fingerprint density at radius 2 is 1.91 bits per heavy atom. The summed E-state index contributed by atoms with van der Waals surface area (Å²) >= 11 is 0. The van der Waals surface area contributed by atoms with E-state index in [9.17, 15) is 0 Å². The monoisotopic (exact) mass is 156 g/mol. The minimum atomic E-state index is 0.332. The molecule has 66 valence electrons. The van der Waals surface area contributed by atoms with Crippen molar-refractivity contribution in [2.75, 3.05) is 6.54 Å². The van der Waals surface area contributed by atoms with E-state index in [1.807, 2.05) is 6.92 Å². The van der Waals surface area contributed by atoms with Crippen LogP contribution in [-0.4, -0.2) is 12.4 Å². The highest BCUT2D eigenvalue weighted by Crippen LogP contribution is 2.25. The number of aliphatic imine (C=N–C) groups is 1. The molecule has 0 amide bonds. The van der Waals surface area contributed by atoms with Crippen LogP contribution < -0.4 is 5.73 Å². The van der Waals surface area contributed by atoms with E-state index in [1.165, 1.54) is 0 Å². The van der Waals surface area contributed by atoms with E-state index in [1.54, 1.807) is 0 Å². The van der Waals surface area contributed by atoms with Crippen molar-refractivity contribution in [2.24, 2.45) is 22.1 Å². The van der Waals surface area contributed by atoms with Crippen LogP contribution in [0.4, 0.5) is 0 Å². The van der Waals surface area contributed by atoms with Crippen LogP contribution in [-0.2, 0) is 0 Å². The topological polar surface area (TPSA) is 38.4 Å². The van der Waals surface area contributed by atoms with Crippen molar-refractivity contribution in [3.63, 3.8) is 0 Å². The van der Waals surface area contributed by atoms with Crippen LogP contribution in [0.3, 0.4) is 0 Å². The molecule has 2 heteroatoms. The van der Waals surface area contributed by atoms with Crippen LogP contribution >= 0.6 is 0 Å². The van der Waals surface area contributed by atoms with E-state index in [0.29, 0.717) is 17.2 Å². The summed E-state index contributed by atoms with van der Waals surface area (Å²) in [4.78, 5) is 4.19. The van der Waals surface area contributed by atoms with E-state index in [2.05, 4.69) is 32.7 Å². The average molecular weight is 156 g/mol. The molecule has 1 atom stereocenters. The fourth-order valence-electron chi connectivity index (χ4n) is 0.555. The summed E-state index contributed by atoms with van der Waals surface area (Å²) in [6, 6.07) is 0. The summed E-state index contributed by atoms with van der Waals surface area (Å²) in [5.41, 5.74) is 5.77. The summed E-state index contributed by atoms with van der Waals surface area (Å²) in [6.45, 7) is 11.5. The molecule has 0 aliphatic rings. The van der Waals surface area contributed by atoms with Crippen LogP contribution in [0.1, 0.15) is 34.6 Å². The number of nitrogens with two attached hydrogens (primary N) is 1. The van der Waals surface area contributed by atoms with Crippen LogP contribution in [0.2, 0.25) is 0 Å². The Labute approximate surface area is 69.9 Å². The summed E-state index contributed by atoms with van der Waals surface area (Å²) in [7, 11) is 0. The predicted octanol–water partition coefficient (Wildman–Crippen LogP) is 2.05. The zero-order valence-electron chi connectivity index (χ0n) is 8.31. The zero-order valence-corrected chi connectivity index (χ0v) is 8.31. The largest absolute Gasteiger partial charge is 0.388 e. The molecule has 0 heterocycles. The molecule has 0 saturated heterocycles. The van der Waals surface area contributed by atoms with Crippen molar-refractivity contribution < 1.29 is 0 Å². The Balaban J connectivity index is 3.89. The number of nitrogens with zero attached hydrogens (tertiary/aromatic N) is 1. The fourth-order valence-corrected chi connectivity index (χ4v) is 0.555. The molecule has 0 rings (SSSR count). The normalized spacial score (nSPS) is 16.6. The minimum Gasteiger partial charge on any atom is -0.388 e. The molecule has 0 aliphatic carbocycles. The lowest BCUT2D eigenvalue weighted by Gasteiger charge is -2.25. The molecule has 1 unspecified atom stereocenters. The molecule has 0 radical (unpaired) electrons. The lowest BCUT2D eigenvalue weighted by Crippen LogP contribution is -2.21. The van der Waals surface area contributed by atoms with Gasteiger partial charge in [-0.3, -0.25) is 4.99 Å². The van der Waals surface area contributed by atoms with Gasteiger partial charge in [0.25, 0.3) is 0 Å². The molecule has 0 aromatic carbocycles. The minimum absolute atomic E-state index is 0.332. The standard InChI is InChI=1S/C9H20N2/c1-7(9(3,4)5)6-11-8(2)10/h7H,6H2,1-5H3,(H2,10,11). The fraction of sp³-hybridized carbons (Fsp3) is 0.889. The molecular formula is C9H20N2. The molecule has 2 N–H and O–H groups in total. The molecule has 0 aromatic rings. The van der Waals surface area contributed by atoms with Crippen LogP contribution in [0.5, 0.6) is 0 Å². The van der Waals surface area contributed by atoms with E-state index in [4.69, 9.17) is 5.73 Å². The van der Waals surface area contributed by atoms with Gasteiger partial charge in [0.1, 0.15) is 0 Å². The highest BCUT2D eigenvalue weighted by molar-refractivity contribution is 5.77. The highest BCUT2D eigenvalue weighted by atomic mass is 14.8. The zero-order chi connectivity index (χ0) is 9.07.